The van der Waals surface area contributed by atoms with Gasteiger partial charge in [-0.3, -0.25) is 0 Å². The second-order valence-electron chi connectivity index (χ2n) is 10.9. The zero-order chi connectivity index (χ0) is 27.0. The Balaban J connectivity index is 2.44. The van der Waals surface area contributed by atoms with Crippen LogP contribution in [0.4, 0.5) is 0 Å². The van der Waals surface area contributed by atoms with Crippen molar-refractivity contribution in [1.82, 2.24) is 0 Å². The van der Waals surface area contributed by atoms with Gasteiger partial charge in [0.2, 0.25) is 0 Å². The van der Waals surface area contributed by atoms with E-state index in [1.54, 1.807) is 46.6 Å². The molecule has 0 aliphatic carbocycles. The fraction of sp³-hybridized carbons (Fsp3) is 0.400. The summed E-state index contributed by atoms with van der Waals surface area (Å²) in [5.41, 5.74) is 3.21. The van der Waals surface area contributed by atoms with Gasteiger partial charge in [0.15, 0.2) is 0 Å². The molecule has 0 aliphatic heterocycles. The van der Waals surface area contributed by atoms with Gasteiger partial charge in [-0.25, -0.2) is 0 Å². The number of ether oxygens (including phenoxy) is 4. The van der Waals surface area contributed by atoms with Crippen molar-refractivity contribution in [2.45, 2.75) is 52.4 Å². The van der Waals surface area contributed by atoms with Gasteiger partial charge in [0.1, 0.15) is 34.5 Å². The van der Waals surface area contributed by atoms with Crippen LogP contribution in [0.5, 0.6) is 34.5 Å². The van der Waals surface area contributed by atoms with E-state index in [1.165, 1.54) is 0 Å². The van der Waals surface area contributed by atoms with Crippen LogP contribution in [0.3, 0.4) is 0 Å². The normalized spacial score (nSPS) is 11.8. The number of hydrogen-bond donors (Lipinski definition) is 2. The Morgan fingerprint density at radius 2 is 0.833 bits per heavy atom. The number of methoxy groups -OCH3 is 4. The van der Waals surface area contributed by atoms with Crippen molar-refractivity contribution in [3.63, 3.8) is 0 Å². The van der Waals surface area contributed by atoms with Crippen molar-refractivity contribution in [2.24, 2.45) is 0 Å². The molecule has 0 saturated heterocycles. The third-order valence-electron chi connectivity index (χ3n) is 6.36. The lowest BCUT2D eigenvalue weighted by atomic mass is 9.82. The molecule has 3 aromatic carbocycles. The van der Waals surface area contributed by atoms with E-state index in [1.807, 2.05) is 59.7 Å². The smallest absolute Gasteiger partial charge is 0.130 e. The van der Waals surface area contributed by atoms with Crippen LogP contribution in [0.15, 0.2) is 36.4 Å². The molecule has 0 atom stereocenters. The molecule has 0 radical (unpaired) electrons. The van der Waals surface area contributed by atoms with Crippen LogP contribution in [-0.2, 0) is 10.8 Å². The summed E-state index contributed by atoms with van der Waals surface area (Å²) in [4.78, 5) is 0. The van der Waals surface area contributed by atoms with E-state index in [2.05, 4.69) is 0 Å². The summed E-state index contributed by atoms with van der Waals surface area (Å²) >= 11 is 0. The average Bonchev–Trinajstić information content (AvgIpc) is 2.82. The molecule has 0 unspecified atom stereocenters. The van der Waals surface area contributed by atoms with Crippen molar-refractivity contribution in [2.75, 3.05) is 28.4 Å². The molecule has 2 N–H and O–H groups in total. The highest BCUT2D eigenvalue weighted by atomic mass is 16.5. The van der Waals surface area contributed by atoms with E-state index in [9.17, 15) is 10.2 Å². The number of rotatable bonds is 6. The molecule has 0 amide bonds. The summed E-state index contributed by atoms with van der Waals surface area (Å²) < 4.78 is 22.6. The summed E-state index contributed by atoms with van der Waals surface area (Å²) in [6.45, 7) is 12.2. The number of phenolic OH excluding ortho intramolecular Hbond substituents is 2. The van der Waals surface area contributed by atoms with Gasteiger partial charge in [0.05, 0.1) is 28.4 Å². The molecule has 0 aromatic heterocycles. The second kappa shape index (κ2) is 9.84. The predicted molar refractivity (Wildman–Crippen MR) is 144 cm³/mol. The Kier molecular flexibility index (Phi) is 7.40. The largest absolute Gasteiger partial charge is 0.507 e. The first-order valence-corrected chi connectivity index (χ1v) is 11.9. The number of hydrogen-bond acceptors (Lipinski definition) is 6. The molecular weight excluding hydrogens is 456 g/mol. The molecule has 3 aromatic rings. The van der Waals surface area contributed by atoms with Gasteiger partial charge in [0.25, 0.3) is 0 Å². The van der Waals surface area contributed by atoms with E-state index in [4.69, 9.17) is 18.9 Å². The zero-order valence-electron chi connectivity index (χ0n) is 23.0. The van der Waals surface area contributed by atoms with Crippen molar-refractivity contribution in [3.8, 4) is 56.8 Å². The quantitative estimate of drug-likeness (QED) is 0.382. The highest BCUT2D eigenvalue weighted by Crippen LogP contribution is 2.50. The monoisotopic (exact) mass is 494 g/mol. The van der Waals surface area contributed by atoms with Crippen LogP contribution in [0.1, 0.15) is 52.7 Å². The first-order valence-electron chi connectivity index (χ1n) is 11.9. The van der Waals surface area contributed by atoms with Crippen LogP contribution in [0.25, 0.3) is 22.3 Å². The molecular formula is C30H38O6. The van der Waals surface area contributed by atoms with Gasteiger partial charge in [-0.2, -0.15) is 0 Å². The Morgan fingerprint density at radius 3 is 1.11 bits per heavy atom. The summed E-state index contributed by atoms with van der Waals surface area (Å²) in [5, 5.41) is 22.8. The first kappa shape index (κ1) is 27.1. The third kappa shape index (κ3) is 5.03. The van der Waals surface area contributed by atoms with Crippen LogP contribution in [-0.4, -0.2) is 38.7 Å². The van der Waals surface area contributed by atoms with E-state index in [-0.39, 0.29) is 22.3 Å². The molecule has 0 aliphatic rings. The predicted octanol–water partition coefficient (Wildman–Crippen LogP) is 7.06. The molecule has 0 heterocycles. The van der Waals surface area contributed by atoms with Crippen molar-refractivity contribution in [1.29, 1.82) is 0 Å². The molecule has 0 saturated carbocycles. The van der Waals surface area contributed by atoms with E-state index in [0.717, 1.165) is 11.1 Å². The zero-order valence-corrected chi connectivity index (χ0v) is 23.0. The second-order valence-corrected chi connectivity index (χ2v) is 10.9. The molecule has 6 heteroatoms. The molecule has 0 fully saturated rings. The van der Waals surface area contributed by atoms with E-state index < -0.39 is 0 Å². The van der Waals surface area contributed by atoms with Crippen LogP contribution < -0.4 is 18.9 Å². The number of phenols is 2. The fourth-order valence-corrected chi connectivity index (χ4v) is 4.33. The summed E-state index contributed by atoms with van der Waals surface area (Å²) in [5.74, 6) is 2.54. The topological polar surface area (TPSA) is 77.4 Å². The van der Waals surface area contributed by atoms with E-state index >= 15 is 0 Å². The third-order valence-corrected chi connectivity index (χ3v) is 6.36. The Morgan fingerprint density at radius 1 is 0.472 bits per heavy atom. The highest BCUT2D eigenvalue weighted by Gasteiger charge is 2.27. The number of benzene rings is 3. The molecule has 0 bridgehead atoms. The minimum absolute atomic E-state index is 0.142. The Labute approximate surface area is 214 Å². The average molecular weight is 495 g/mol. The van der Waals surface area contributed by atoms with Crippen molar-refractivity contribution in [3.05, 3.63) is 47.5 Å². The lowest BCUT2D eigenvalue weighted by molar-refractivity contribution is 0.394. The summed E-state index contributed by atoms with van der Waals surface area (Å²) in [6, 6.07) is 10.9. The maximum atomic E-state index is 11.4. The lowest BCUT2D eigenvalue weighted by Crippen LogP contribution is -2.12. The van der Waals surface area contributed by atoms with E-state index in [0.29, 0.717) is 45.3 Å². The lowest BCUT2D eigenvalue weighted by Gasteiger charge is -2.25. The Bertz CT molecular complexity index is 1170. The molecule has 0 spiro atoms. The van der Waals surface area contributed by atoms with Gasteiger partial charge in [-0.1, -0.05) is 41.5 Å². The molecule has 3 rings (SSSR count). The van der Waals surface area contributed by atoms with Gasteiger partial charge >= 0.3 is 0 Å². The van der Waals surface area contributed by atoms with Crippen molar-refractivity contribution < 1.29 is 29.2 Å². The standard InChI is InChI=1S/C30H38O6/c1-29(2,3)23-13-17(33-7)11-21(27(23)31)19-15-20(26(36-10)16-25(19)35-9)22-12-18(34-8)14-24(28(22)32)30(4,5)6/h11-16,31-32H,1-10H3. The van der Waals surface area contributed by atoms with Gasteiger partial charge in [-0.05, 0) is 41.2 Å². The summed E-state index contributed by atoms with van der Waals surface area (Å²) in [6.07, 6.45) is 0. The first-order chi connectivity index (χ1) is 16.8. The molecule has 6 nitrogen and oxygen atoms in total. The van der Waals surface area contributed by atoms with Crippen LogP contribution in [0, 0.1) is 0 Å². The minimum Gasteiger partial charge on any atom is -0.507 e. The van der Waals surface area contributed by atoms with Crippen molar-refractivity contribution >= 4 is 0 Å². The Hall–Kier alpha value is -3.54. The van der Waals surface area contributed by atoms with Gasteiger partial charge < -0.3 is 29.2 Å². The maximum Gasteiger partial charge on any atom is 0.130 e. The maximum absolute atomic E-state index is 11.4. The van der Waals surface area contributed by atoms with Gasteiger partial charge in [0, 0.05) is 39.4 Å². The fourth-order valence-electron chi connectivity index (χ4n) is 4.33. The van der Waals surface area contributed by atoms with Gasteiger partial charge in [-0.15, -0.1) is 0 Å². The van der Waals surface area contributed by atoms with Crippen LogP contribution in [0.2, 0.25) is 0 Å². The summed E-state index contributed by atoms with van der Waals surface area (Å²) in [7, 11) is 6.34. The molecule has 194 valence electrons. The highest BCUT2D eigenvalue weighted by molar-refractivity contribution is 5.88. The number of aromatic hydroxyl groups is 2. The van der Waals surface area contributed by atoms with Crippen LogP contribution >= 0.6 is 0 Å². The minimum atomic E-state index is -0.331. The molecule has 36 heavy (non-hydrogen) atoms. The SMILES string of the molecule is COc1cc(-c2cc(-c3cc(OC)cc(C(C)(C)C)c3O)c(OC)cc2OC)c(O)c(C(C)(C)C)c1.